The van der Waals surface area contributed by atoms with Crippen LogP contribution in [0, 0.1) is 0 Å². The molecule has 0 unspecified atom stereocenters. The van der Waals surface area contributed by atoms with Crippen LogP contribution >= 0.6 is 0 Å². The van der Waals surface area contributed by atoms with Crippen molar-refractivity contribution >= 4 is 21.6 Å². The lowest BCUT2D eigenvalue weighted by Gasteiger charge is -2.32. The van der Waals surface area contributed by atoms with Crippen LogP contribution in [0.25, 0.3) is 0 Å². The Morgan fingerprint density at radius 1 is 0.889 bits per heavy atom. The summed E-state index contributed by atoms with van der Waals surface area (Å²) in [6.07, 6.45) is 5.37. The van der Waals surface area contributed by atoms with Crippen molar-refractivity contribution in [1.29, 1.82) is 0 Å². The molecule has 5 nitrogen and oxygen atoms in total. The molecule has 1 aliphatic rings. The van der Waals surface area contributed by atoms with Crippen molar-refractivity contribution in [2.24, 2.45) is 0 Å². The molecule has 1 fully saturated rings. The van der Waals surface area contributed by atoms with E-state index in [1.807, 2.05) is 6.07 Å². The molecule has 0 heterocycles. The lowest BCUT2D eigenvalue weighted by Crippen LogP contribution is -2.39. The number of sulfonamides is 1. The smallest absolute Gasteiger partial charge is 0.264 e. The standard InChI is InChI=1S/C21H26N2O3S/c1-22(17-11-5-3-6-12-17)21(24)19-15-9-10-16-20(19)27(25,26)23(2)18-13-7-4-8-14-18/h4,7-10,13-17H,3,5-6,11-12H2,1-2H3. The number of anilines is 1. The largest absolute Gasteiger partial charge is 0.339 e. The number of carbonyl (C=O) groups is 1. The summed E-state index contributed by atoms with van der Waals surface area (Å²) in [7, 11) is -0.555. The van der Waals surface area contributed by atoms with E-state index in [-0.39, 0.29) is 22.4 Å². The van der Waals surface area contributed by atoms with Crippen molar-refractivity contribution in [3.63, 3.8) is 0 Å². The second kappa shape index (κ2) is 8.13. The molecule has 0 radical (unpaired) electrons. The summed E-state index contributed by atoms with van der Waals surface area (Å²) in [4.78, 5) is 14.9. The number of amides is 1. The van der Waals surface area contributed by atoms with Crippen LogP contribution in [0.3, 0.4) is 0 Å². The van der Waals surface area contributed by atoms with Gasteiger partial charge in [-0.05, 0) is 37.1 Å². The Labute approximate surface area is 161 Å². The highest BCUT2D eigenvalue weighted by Crippen LogP contribution is 2.27. The maximum absolute atomic E-state index is 13.2. The van der Waals surface area contributed by atoms with Crippen LogP contribution in [0.4, 0.5) is 5.69 Å². The maximum atomic E-state index is 13.2. The summed E-state index contributed by atoms with van der Waals surface area (Å²) in [6, 6.07) is 15.5. The number of carbonyl (C=O) groups excluding carboxylic acids is 1. The normalized spacial score (nSPS) is 15.3. The number of hydrogen-bond acceptors (Lipinski definition) is 3. The van der Waals surface area contributed by atoms with Crippen molar-refractivity contribution < 1.29 is 13.2 Å². The van der Waals surface area contributed by atoms with Crippen LogP contribution < -0.4 is 4.31 Å². The molecule has 3 rings (SSSR count). The molecule has 1 aliphatic carbocycles. The summed E-state index contributed by atoms with van der Waals surface area (Å²) in [5.74, 6) is -0.234. The van der Waals surface area contributed by atoms with E-state index in [2.05, 4.69) is 0 Å². The second-order valence-electron chi connectivity index (χ2n) is 7.01. The van der Waals surface area contributed by atoms with Crippen molar-refractivity contribution in [1.82, 2.24) is 4.90 Å². The second-order valence-corrected chi connectivity index (χ2v) is 8.95. The number of hydrogen-bond donors (Lipinski definition) is 0. The van der Waals surface area contributed by atoms with Gasteiger partial charge in [0.25, 0.3) is 15.9 Å². The van der Waals surface area contributed by atoms with Crippen LogP contribution in [0.2, 0.25) is 0 Å². The van der Waals surface area contributed by atoms with E-state index in [0.717, 1.165) is 25.7 Å². The third-order valence-corrected chi connectivity index (χ3v) is 7.16. The third kappa shape index (κ3) is 4.00. The molecule has 144 valence electrons. The van der Waals surface area contributed by atoms with Gasteiger partial charge in [-0.3, -0.25) is 9.10 Å². The van der Waals surface area contributed by atoms with Crippen molar-refractivity contribution in [3.8, 4) is 0 Å². The number of nitrogens with zero attached hydrogens (tertiary/aromatic N) is 2. The zero-order chi connectivity index (χ0) is 19.4. The van der Waals surface area contributed by atoms with Crippen LogP contribution in [0.5, 0.6) is 0 Å². The molecule has 0 saturated heterocycles. The van der Waals surface area contributed by atoms with E-state index in [1.165, 1.54) is 23.8 Å². The van der Waals surface area contributed by atoms with Gasteiger partial charge in [-0.25, -0.2) is 8.42 Å². The van der Waals surface area contributed by atoms with Crippen LogP contribution in [-0.2, 0) is 10.0 Å². The molecule has 0 bridgehead atoms. The Kier molecular flexibility index (Phi) is 5.85. The summed E-state index contributed by atoms with van der Waals surface area (Å²) >= 11 is 0. The molecule has 27 heavy (non-hydrogen) atoms. The number of para-hydroxylation sites is 1. The van der Waals surface area contributed by atoms with Crippen molar-refractivity contribution in [2.45, 2.75) is 43.0 Å². The van der Waals surface area contributed by atoms with E-state index in [9.17, 15) is 13.2 Å². The highest BCUT2D eigenvalue weighted by atomic mass is 32.2. The molecule has 1 saturated carbocycles. The minimum Gasteiger partial charge on any atom is -0.339 e. The first-order valence-electron chi connectivity index (χ1n) is 9.33. The average molecular weight is 387 g/mol. The molecule has 0 spiro atoms. The number of benzene rings is 2. The first-order valence-corrected chi connectivity index (χ1v) is 10.8. The maximum Gasteiger partial charge on any atom is 0.264 e. The van der Waals surface area contributed by atoms with E-state index in [4.69, 9.17) is 0 Å². The van der Waals surface area contributed by atoms with Gasteiger partial charge in [0.2, 0.25) is 0 Å². The van der Waals surface area contributed by atoms with Gasteiger partial charge in [0.15, 0.2) is 0 Å². The first-order chi connectivity index (χ1) is 12.9. The summed E-state index contributed by atoms with van der Waals surface area (Å²) < 4.78 is 27.6. The zero-order valence-electron chi connectivity index (χ0n) is 15.8. The fourth-order valence-corrected chi connectivity index (χ4v) is 4.99. The summed E-state index contributed by atoms with van der Waals surface area (Å²) in [5, 5.41) is 0. The Morgan fingerprint density at radius 2 is 1.48 bits per heavy atom. The van der Waals surface area contributed by atoms with Gasteiger partial charge < -0.3 is 4.90 Å². The highest BCUT2D eigenvalue weighted by Gasteiger charge is 2.30. The van der Waals surface area contributed by atoms with E-state index < -0.39 is 10.0 Å². The number of rotatable bonds is 5. The quantitative estimate of drug-likeness (QED) is 0.783. The van der Waals surface area contributed by atoms with E-state index in [0.29, 0.717) is 5.69 Å². The molecule has 0 atom stereocenters. The van der Waals surface area contributed by atoms with Gasteiger partial charge >= 0.3 is 0 Å². The first kappa shape index (κ1) is 19.4. The zero-order valence-corrected chi connectivity index (χ0v) is 16.7. The van der Waals surface area contributed by atoms with E-state index in [1.54, 1.807) is 54.4 Å². The molecule has 0 aliphatic heterocycles. The van der Waals surface area contributed by atoms with Crippen molar-refractivity contribution in [3.05, 3.63) is 60.2 Å². The molecule has 2 aromatic rings. The Morgan fingerprint density at radius 3 is 2.15 bits per heavy atom. The molecular formula is C21H26N2O3S. The summed E-state index contributed by atoms with van der Waals surface area (Å²) in [6.45, 7) is 0. The van der Waals surface area contributed by atoms with Crippen molar-refractivity contribution in [2.75, 3.05) is 18.4 Å². The van der Waals surface area contributed by atoms with Gasteiger partial charge in [0.05, 0.1) is 11.3 Å². The molecule has 0 N–H and O–H groups in total. The van der Waals surface area contributed by atoms with Gasteiger partial charge in [0.1, 0.15) is 4.90 Å². The van der Waals surface area contributed by atoms with Gasteiger partial charge in [0, 0.05) is 20.1 Å². The van der Waals surface area contributed by atoms with E-state index >= 15 is 0 Å². The van der Waals surface area contributed by atoms with Crippen LogP contribution in [0.1, 0.15) is 42.5 Å². The lowest BCUT2D eigenvalue weighted by atomic mass is 9.94. The van der Waals surface area contributed by atoms with Crippen LogP contribution in [0.15, 0.2) is 59.5 Å². The predicted octanol–water partition coefficient (Wildman–Crippen LogP) is 3.92. The molecule has 2 aromatic carbocycles. The van der Waals surface area contributed by atoms with Gasteiger partial charge in [-0.2, -0.15) is 0 Å². The van der Waals surface area contributed by atoms with Gasteiger partial charge in [-0.1, -0.05) is 49.6 Å². The minimum atomic E-state index is -3.85. The molecule has 1 amide bonds. The Bertz CT molecular complexity index is 891. The average Bonchev–Trinajstić information content (AvgIpc) is 2.73. The monoisotopic (exact) mass is 386 g/mol. The Hall–Kier alpha value is -2.34. The lowest BCUT2D eigenvalue weighted by molar-refractivity contribution is 0.0692. The Balaban J connectivity index is 1.94. The third-order valence-electron chi connectivity index (χ3n) is 5.32. The van der Waals surface area contributed by atoms with Gasteiger partial charge in [-0.15, -0.1) is 0 Å². The van der Waals surface area contributed by atoms with Crippen LogP contribution in [-0.4, -0.2) is 39.4 Å². The SMILES string of the molecule is CN(C(=O)c1ccccc1S(=O)(=O)N(C)c1ccccc1)C1CCCCC1. The topological polar surface area (TPSA) is 57.7 Å². The predicted molar refractivity (Wildman–Crippen MR) is 107 cm³/mol. The minimum absolute atomic E-state index is 0.0454. The summed E-state index contributed by atoms with van der Waals surface area (Å²) in [5.41, 5.74) is 0.786. The molecular weight excluding hydrogens is 360 g/mol. The molecule has 6 heteroatoms. The fourth-order valence-electron chi connectivity index (χ4n) is 3.62. The highest BCUT2D eigenvalue weighted by molar-refractivity contribution is 7.92. The fraction of sp³-hybridized carbons (Fsp3) is 0.381. The molecule has 0 aromatic heterocycles.